The lowest BCUT2D eigenvalue weighted by atomic mass is 10.1. The highest BCUT2D eigenvalue weighted by atomic mass is 19.1. The van der Waals surface area contributed by atoms with E-state index in [0.717, 1.165) is 23.0 Å². The predicted octanol–water partition coefficient (Wildman–Crippen LogP) is 6.54. The van der Waals surface area contributed by atoms with Crippen LogP contribution >= 0.6 is 0 Å². The van der Waals surface area contributed by atoms with E-state index in [1.54, 1.807) is 88.0 Å². The molecule has 276 valence electrons. The van der Waals surface area contributed by atoms with Crippen molar-refractivity contribution >= 4 is 24.4 Å². The Morgan fingerprint density at radius 1 is 0.725 bits per heavy atom. The fraction of sp³-hybridized carbons (Fsp3) is 0.282. The first-order valence-electron chi connectivity index (χ1n) is 15.4. The van der Waals surface area contributed by atoms with Gasteiger partial charge in [0.25, 0.3) is 0 Å². The van der Waals surface area contributed by atoms with Gasteiger partial charge in [0.2, 0.25) is 0 Å². The standard InChI is InChI=1S/C18H18FNO3.C9H12FNO.C9H8O3.C2H6O.CH4/c1-22-17-8-7-16(19)11-15(17)9-10-20-12-13-3-5-14(6-4-13)18(21)23-2;1-12-9-3-2-8(10)6-7(9)4-5-11;1-12-9(11)8-4-2-7(6-10)3-5-8;1-2-3;/h3-8,11-12H,9-10H2,1-2H3;2-3,6H,4-5,11H2,1H3;2-6H,1H3;3H,2H2,1H3;1H4. The first-order valence-corrected chi connectivity index (χ1v) is 15.4. The smallest absolute Gasteiger partial charge is 0.337 e. The van der Waals surface area contributed by atoms with Gasteiger partial charge >= 0.3 is 11.9 Å². The van der Waals surface area contributed by atoms with Gasteiger partial charge in [-0.15, -0.1) is 0 Å². The van der Waals surface area contributed by atoms with Crippen molar-refractivity contribution in [2.24, 2.45) is 10.7 Å². The van der Waals surface area contributed by atoms with Gasteiger partial charge in [0.15, 0.2) is 0 Å². The number of halogens is 2. The van der Waals surface area contributed by atoms with Crippen molar-refractivity contribution in [3.8, 4) is 11.5 Å². The Hall–Kier alpha value is -5.46. The topological polar surface area (TPSA) is 147 Å². The lowest BCUT2D eigenvalue weighted by Crippen LogP contribution is -2.04. The highest BCUT2D eigenvalue weighted by Crippen LogP contribution is 2.20. The van der Waals surface area contributed by atoms with Crippen molar-refractivity contribution < 1.29 is 47.2 Å². The number of methoxy groups -OCH3 is 4. The van der Waals surface area contributed by atoms with E-state index in [9.17, 15) is 23.2 Å². The molecule has 0 aliphatic rings. The molecule has 0 spiro atoms. The maximum absolute atomic E-state index is 13.3. The molecule has 0 atom stereocenters. The summed E-state index contributed by atoms with van der Waals surface area (Å²) in [5, 5.41) is 7.57. The minimum absolute atomic E-state index is 0. The monoisotopic (exact) mass is 710 g/mol. The molecule has 0 saturated carbocycles. The molecule has 0 heterocycles. The number of hydrogen-bond acceptors (Lipinski definition) is 10. The second-order valence-corrected chi connectivity index (χ2v) is 9.90. The zero-order chi connectivity index (χ0) is 37.3. The third kappa shape index (κ3) is 17.2. The molecule has 0 aliphatic carbocycles. The number of ether oxygens (including phenoxy) is 4. The fourth-order valence-electron chi connectivity index (χ4n) is 4.03. The number of esters is 2. The van der Waals surface area contributed by atoms with Crippen LogP contribution in [0.1, 0.15) is 62.1 Å². The summed E-state index contributed by atoms with van der Waals surface area (Å²) in [4.78, 5) is 36.8. The summed E-state index contributed by atoms with van der Waals surface area (Å²) in [6.07, 6.45) is 3.66. The highest BCUT2D eigenvalue weighted by molar-refractivity contribution is 5.91. The van der Waals surface area contributed by atoms with Crippen LogP contribution in [0.15, 0.2) is 89.9 Å². The predicted molar refractivity (Wildman–Crippen MR) is 195 cm³/mol. The van der Waals surface area contributed by atoms with Crippen LogP contribution in [0.25, 0.3) is 0 Å². The summed E-state index contributed by atoms with van der Waals surface area (Å²) < 4.78 is 45.3. The molecule has 4 aromatic carbocycles. The largest absolute Gasteiger partial charge is 0.496 e. The first-order chi connectivity index (χ1) is 24.1. The molecule has 4 aromatic rings. The van der Waals surface area contributed by atoms with Crippen molar-refractivity contribution in [3.63, 3.8) is 0 Å². The number of nitrogens with two attached hydrogens (primary N) is 1. The van der Waals surface area contributed by atoms with E-state index in [-0.39, 0.29) is 31.6 Å². The molecule has 0 fully saturated rings. The molecule has 0 radical (unpaired) electrons. The first kappa shape index (κ1) is 45.5. The number of rotatable bonds is 11. The Bertz CT molecular complexity index is 1630. The van der Waals surface area contributed by atoms with Gasteiger partial charge in [0.1, 0.15) is 29.4 Å². The fourth-order valence-corrected chi connectivity index (χ4v) is 4.03. The maximum Gasteiger partial charge on any atom is 0.337 e. The third-order valence-electron chi connectivity index (χ3n) is 6.45. The molecule has 12 heteroatoms. The maximum atomic E-state index is 13.3. The van der Waals surface area contributed by atoms with Gasteiger partial charge in [-0.2, -0.15) is 0 Å². The van der Waals surface area contributed by atoms with Crippen molar-refractivity contribution in [2.45, 2.75) is 27.2 Å². The van der Waals surface area contributed by atoms with Crippen molar-refractivity contribution in [3.05, 3.63) is 130 Å². The molecule has 0 bridgehead atoms. The minimum Gasteiger partial charge on any atom is -0.496 e. The SMILES string of the molecule is C.CCO.COC(=O)c1ccc(C=NCCc2cc(F)ccc2OC)cc1.COC(=O)c1ccc(C=O)cc1.COc1ccc(F)cc1CCN. The van der Waals surface area contributed by atoms with E-state index in [1.165, 1.54) is 38.5 Å². The van der Waals surface area contributed by atoms with Crippen LogP contribution in [-0.4, -0.2) is 77.7 Å². The van der Waals surface area contributed by atoms with Crippen molar-refractivity contribution in [1.82, 2.24) is 0 Å². The van der Waals surface area contributed by atoms with Gasteiger partial charge in [-0.3, -0.25) is 9.79 Å². The molecule has 0 amide bonds. The summed E-state index contributed by atoms with van der Waals surface area (Å²) in [7, 11) is 5.78. The second kappa shape index (κ2) is 26.4. The molecule has 10 nitrogen and oxygen atoms in total. The van der Waals surface area contributed by atoms with E-state index < -0.39 is 5.97 Å². The van der Waals surface area contributed by atoms with E-state index in [2.05, 4.69) is 14.5 Å². The number of aliphatic hydroxyl groups excluding tert-OH is 1. The normalized spacial score (nSPS) is 9.67. The van der Waals surface area contributed by atoms with Crippen molar-refractivity contribution in [1.29, 1.82) is 0 Å². The number of aliphatic imine (C=N–C) groups is 1. The second-order valence-electron chi connectivity index (χ2n) is 9.90. The molecule has 0 unspecified atom stereocenters. The lowest BCUT2D eigenvalue weighted by molar-refractivity contribution is 0.0592. The Kier molecular flexibility index (Phi) is 23.6. The van der Waals surface area contributed by atoms with E-state index in [0.29, 0.717) is 54.1 Å². The average Bonchev–Trinajstić information content (AvgIpc) is 3.14. The van der Waals surface area contributed by atoms with Gasteiger partial charge in [-0.25, -0.2) is 18.4 Å². The Balaban J connectivity index is 0.000000757. The molecule has 3 N–H and O–H groups in total. The van der Waals surface area contributed by atoms with Gasteiger partial charge in [0.05, 0.1) is 39.6 Å². The van der Waals surface area contributed by atoms with Crippen LogP contribution in [0.4, 0.5) is 8.78 Å². The molecule has 4 rings (SSSR count). The van der Waals surface area contributed by atoms with Crippen LogP contribution in [0.2, 0.25) is 0 Å². The summed E-state index contributed by atoms with van der Waals surface area (Å²) in [6.45, 7) is 2.94. The molecule has 0 aromatic heterocycles. The Labute approximate surface area is 298 Å². The summed E-state index contributed by atoms with van der Waals surface area (Å²) in [5.41, 5.74) is 9.32. The van der Waals surface area contributed by atoms with Crippen LogP contribution < -0.4 is 15.2 Å². The van der Waals surface area contributed by atoms with Crippen LogP contribution in [0, 0.1) is 11.6 Å². The van der Waals surface area contributed by atoms with E-state index in [1.807, 2.05) is 0 Å². The zero-order valence-corrected chi connectivity index (χ0v) is 28.9. The quantitative estimate of drug-likeness (QED) is 0.101. The van der Waals surface area contributed by atoms with Crippen LogP contribution in [-0.2, 0) is 22.3 Å². The number of nitrogens with zero attached hydrogens (tertiary/aromatic N) is 1. The lowest BCUT2D eigenvalue weighted by Gasteiger charge is -2.06. The third-order valence-corrected chi connectivity index (χ3v) is 6.45. The molecule has 0 aliphatic heterocycles. The molecular formula is C39H48F2N2O8. The number of carbonyl (C=O) groups is 3. The minimum atomic E-state index is -0.396. The molecule has 51 heavy (non-hydrogen) atoms. The highest BCUT2D eigenvalue weighted by Gasteiger charge is 2.06. The van der Waals surface area contributed by atoms with Gasteiger partial charge in [0, 0.05) is 24.9 Å². The Morgan fingerprint density at radius 2 is 1.14 bits per heavy atom. The summed E-state index contributed by atoms with van der Waals surface area (Å²) in [5.74, 6) is 0.0486. The zero-order valence-electron chi connectivity index (χ0n) is 28.9. The van der Waals surface area contributed by atoms with Gasteiger partial charge in [-0.05, 0) is 104 Å². The van der Waals surface area contributed by atoms with Gasteiger partial charge in [-0.1, -0.05) is 31.7 Å². The number of aldehydes is 1. The van der Waals surface area contributed by atoms with Crippen LogP contribution in [0.3, 0.4) is 0 Å². The molecule has 0 saturated heterocycles. The summed E-state index contributed by atoms with van der Waals surface area (Å²) >= 11 is 0. The molecular weight excluding hydrogens is 662 g/mol. The number of hydrogen-bond donors (Lipinski definition) is 2. The van der Waals surface area contributed by atoms with E-state index in [4.69, 9.17) is 20.3 Å². The Morgan fingerprint density at radius 3 is 1.51 bits per heavy atom. The average molecular weight is 711 g/mol. The van der Waals surface area contributed by atoms with E-state index >= 15 is 0 Å². The van der Waals surface area contributed by atoms with Crippen molar-refractivity contribution in [2.75, 3.05) is 48.1 Å². The summed E-state index contributed by atoms with van der Waals surface area (Å²) in [6, 6.07) is 22.1. The number of benzene rings is 4. The number of aliphatic hydroxyl groups is 1. The van der Waals surface area contributed by atoms with Crippen LogP contribution in [0.5, 0.6) is 11.5 Å². The van der Waals surface area contributed by atoms with Gasteiger partial charge < -0.3 is 29.8 Å². The number of carbonyl (C=O) groups excluding carboxylic acids is 3.